The largest absolute Gasteiger partial charge is 0.483 e. The fourth-order valence-corrected chi connectivity index (χ4v) is 3.09. The standard InChI is InChI=1S/C19H28N2O3/c1-13(2)16-9-8-14(3)10-17(16)24-12-19(23)21-20-18(22)11-15-6-4-5-7-15/h8-10,13,15H,4-7,11-12H2,1-3H3,(H,20,22)(H,21,23). The smallest absolute Gasteiger partial charge is 0.276 e. The van der Waals surface area contributed by atoms with Gasteiger partial charge in [0.05, 0.1) is 0 Å². The summed E-state index contributed by atoms with van der Waals surface area (Å²) in [4.78, 5) is 23.7. The molecule has 0 aliphatic heterocycles. The molecule has 0 spiro atoms. The van der Waals surface area contributed by atoms with Crippen molar-refractivity contribution in [2.24, 2.45) is 5.92 Å². The summed E-state index contributed by atoms with van der Waals surface area (Å²) in [5.74, 6) is 1.01. The summed E-state index contributed by atoms with van der Waals surface area (Å²) in [6.45, 7) is 6.04. The maximum Gasteiger partial charge on any atom is 0.276 e. The molecule has 1 aromatic carbocycles. The first-order valence-corrected chi connectivity index (χ1v) is 8.76. The Morgan fingerprint density at radius 1 is 1.17 bits per heavy atom. The average Bonchev–Trinajstić information content (AvgIpc) is 3.03. The van der Waals surface area contributed by atoms with Crippen molar-refractivity contribution in [1.82, 2.24) is 10.9 Å². The summed E-state index contributed by atoms with van der Waals surface area (Å²) in [7, 11) is 0. The molecule has 1 saturated carbocycles. The average molecular weight is 332 g/mol. The Bertz CT molecular complexity index is 578. The molecule has 0 unspecified atom stereocenters. The van der Waals surface area contributed by atoms with E-state index in [0.29, 0.717) is 18.3 Å². The van der Waals surface area contributed by atoms with E-state index in [2.05, 4.69) is 24.7 Å². The molecule has 0 saturated heterocycles. The fraction of sp³-hybridized carbons (Fsp3) is 0.579. The van der Waals surface area contributed by atoms with Gasteiger partial charge in [-0.15, -0.1) is 0 Å². The van der Waals surface area contributed by atoms with E-state index >= 15 is 0 Å². The van der Waals surface area contributed by atoms with Gasteiger partial charge < -0.3 is 4.74 Å². The number of amides is 2. The number of carbonyl (C=O) groups excluding carboxylic acids is 2. The van der Waals surface area contributed by atoms with Crippen molar-refractivity contribution >= 4 is 11.8 Å². The molecule has 0 aromatic heterocycles. The van der Waals surface area contributed by atoms with Crippen LogP contribution in [0, 0.1) is 12.8 Å². The Morgan fingerprint density at radius 2 is 1.83 bits per heavy atom. The Kier molecular flexibility index (Phi) is 6.64. The van der Waals surface area contributed by atoms with Crippen LogP contribution < -0.4 is 15.6 Å². The van der Waals surface area contributed by atoms with E-state index in [1.165, 1.54) is 12.8 Å². The molecule has 1 aromatic rings. The second-order valence-electron chi connectivity index (χ2n) is 6.94. The molecular formula is C19H28N2O3. The molecule has 132 valence electrons. The topological polar surface area (TPSA) is 67.4 Å². The van der Waals surface area contributed by atoms with Gasteiger partial charge in [0.1, 0.15) is 5.75 Å². The van der Waals surface area contributed by atoms with Gasteiger partial charge in [0.25, 0.3) is 5.91 Å². The zero-order valence-electron chi connectivity index (χ0n) is 14.9. The zero-order valence-corrected chi connectivity index (χ0v) is 14.9. The Balaban J connectivity index is 1.76. The number of carbonyl (C=O) groups is 2. The molecule has 0 heterocycles. The monoisotopic (exact) mass is 332 g/mol. The van der Waals surface area contributed by atoms with Gasteiger partial charge in [-0.05, 0) is 48.8 Å². The van der Waals surface area contributed by atoms with Crippen LogP contribution in [-0.4, -0.2) is 18.4 Å². The van der Waals surface area contributed by atoms with E-state index < -0.39 is 0 Å². The van der Waals surface area contributed by atoms with Crippen LogP contribution in [0.4, 0.5) is 0 Å². The van der Waals surface area contributed by atoms with Crippen molar-refractivity contribution < 1.29 is 14.3 Å². The lowest BCUT2D eigenvalue weighted by Gasteiger charge is -2.15. The normalized spacial score (nSPS) is 14.7. The summed E-state index contributed by atoms with van der Waals surface area (Å²) in [6.07, 6.45) is 5.10. The number of ether oxygens (including phenoxy) is 1. The quantitative estimate of drug-likeness (QED) is 0.786. The molecule has 24 heavy (non-hydrogen) atoms. The first-order chi connectivity index (χ1) is 11.5. The number of aryl methyl sites for hydroxylation is 1. The summed E-state index contributed by atoms with van der Waals surface area (Å²) in [5, 5.41) is 0. The number of hydrogen-bond donors (Lipinski definition) is 2. The molecule has 5 nitrogen and oxygen atoms in total. The van der Waals surface area contributed by atoms with Gasteiger partial charge in [-0.3, -0.25) is 20.4 Å². The van der Waals surface area contributed by atoms with Gasteiger partial charge in [0.2, 0.25) is 5.91 Å². The highest BCUT2D eigenvalue weighted by Crippen LogP contribution is 2.28. The molecule has 1 aliphatic rings. The lowest BCUT2D eigenvalue weighted by Crippen LogP contribution is -2.44. The van der Waals surface area contributed by atoms with Crippen LogP contribution in [0.1, 0.15) is 63.0 Å². The maximum absolute atomic E-state index is 11.9. The van der Waals surface area contributed by atoms with Crippen molar-refractivity contribution in [3.05, 3.63) is 29.3 Å². The summed E-state index contributed by atoms with van der Waals surface area (Å²) in [6, 6.07) is 5.99. The molecule has 0 bridgehead atoms. The molecule has 0 radical (unpaired) electrons. The fourth-order valence-electron chi connectivity index (χ4n) is 3.09. The van der Waals surface area contributed by atoms with Gasteiger partial charge in [-0.2, -0.15) is 0 Å². The lowest BCUT2D eigenvalue weighted by molar-refractivity contribution is -0.130. The third-order valence-electron chi connectivity index (χ3n) is 4.44. The number of benzene rings is 1. The molecule has 1 fully saturated rings. The molecular weight excluding hydrogens is 304 g/mol. The van der Waals surface area contributed by atoms with E-state index in [-0.39, 0.29) is 18.4 Å². The summed E-state index contributed by atoms with van der Waals surface area (Å²) < 4.78 is 5.64. The van der Waals surface area contributed by atoms with E-state index in [1.807, 2.05) is 25.1 Å². The van der Waals surface area contributed by atoms with E-state index in [1.54, 1.807) is 0 Å². The van der Waals surface area contributed by atoms with Crippen molar-refractivity contribution in [3.8, 4) is 5.75 Å². The van der Waals surface area contributed by atoms with Crippen LogP contribution >= 0.6 is 0 Å². The number of nitrogens with one attached hydrogen (secondary N) is 2. The lowest BCUT2D eigenvalue weighted by atomic mass is 10.0. The molecule has 2 N–H and O–H groups in total. The van der Waals surface area contributed by atoms with Crippen molar-refractivity contribution in [2.45, 2.75) is 58.8 Å². The second-order valence-corrected chi connectivity index (χ2v) is 6.94. The van der Waals surface area contributed by atoms with E-state index in [0.717, 1.165) is 29.7 Å². The molecule has 2 rings (SSSR count). The third-order valence-corrected chi connectivity index (χ3v) is 4.44. The van der Waals surface area contributed by atoms with Crippen LogP contribution in [0.5, 0.6) is 5.75 Å². The minimum Gasteiger partial charge on any atom is -0.483 e. The number of rotatable bonds is 6. The van der Waals surface area contributed by atoms with Crippen molar-refractivity contribution in [2.75, 3.05) is 6.61 Å². The number of hydrogen-bond acceptors (Lipinski definition) is 3. The summed E-state index contributed by atoms with van der Waals surface area (Å²) >= 11 is 0. The Labute approximate surface area is 144 Å². The van der Waals surface area contributed by atoms with Gasteiger partial charge >= 0.3 is 0 Å². The van der Waals surface area contributed by atoms with Crippen LogP contribution in [-0.2, 0) is 9.59 Å². The minimum atomic E-state index is -0.356. The van der Waals surface area contributed by atoms with Gasteiger partial charge in [0.15, 0.2) is 6.61 Å². The maximum atomic E-state index is 11.9. The second kappa shape index (κ2) is 8.71. The first kappa shape index (κ1) is 18.3. The van der Waals surface area contributed by atoms with E-state index in [9.17, 15) is 9.59 Å². The van der Waals surface area contributed by atoms with Gasteiger partial charge in [0, 0.05) is 6.42 Å². The van der Waals surface area contributed by atoms with Gasteiger partial charge in [-0.1, -0.05) is 38.8 Å². The van der Waals surface area contributed by atoms with Crippen LogP contribution in [0.2, 0.25) is 0 Å². The van der Waals surface area contributed by atoms with Crippen molar-refractivity contribution in [1.29, 1.82) is 0 Å². The third kappa shape index (κ3) is 5.55. The SMILES string of the molecule is Cc1ccc(C(C)C)c(OCC(=O)NNC(=O)CC2CCCC2)c1. The zero-order chi connectivity index (χ0) is 17.5. The van der Waals surface area contributed by atoms with Crippen molar-refractivity contribution in [3.63, 3.8) is 0 Å². The predicted molar refractivity (Wildman–Crippen MR) is 93.6 cm³/mol. The minimum absolute atomic E-state index is 0.118. The van der Waals surface area contributed by atoms with Crippen LogP contribution in [0.25, 0.3) is 0 Å². The van der Waals surface area contributed by atoms with Gasteiger partial charge in [-0.25, -0.2) is 0 Å². The Morgan fingerprint density at radius 3 is 2.50 bits per heavy atom. The highest BCUT2D eigenvalue weighted by atomic mass is 16.5. The molecule has 5 heteroatoms. The summed E-state index contributed by atoms with van der Waals surface area (Å²) in [5.41, 5.74) is 7.05. The molecule has 2 amide bonds. The van der Waals surface area contributed by atoms with Crippen LogP contribution in [0.15, 0.2) is 18.2 Å². The van der Waals surface area contributed by atoms with E-state index in [4.69, 9.17) is 4.74 Å². The molecule has 1 aliphatic carbocycles. The highest BCUT2D eigenvalue weighted by molar-refractivity contribution is 5.82. The van der Waals surface area contributed by atoms with Crippen LogP contribution in [0.3, 0.4) is 0 Å². The highest BCUT2D eigenvalue weighted by Gasteiger charge is 2.18. The number of hydrazine groups is 1. The first-order valence-electron chi connectivity index (χ1n) is 8.76. The molecule has 0 atom stereocenters. The Hall–Kier alpha value is -2.04. The predicted octanol–water partition coefficient (Wildman–Crippen LogP) is 3.22.